The Hall–Kier alpha value is -2.02. The van der Waals surface area contributed by atoms with Gasteiger partial charge >= 0.3 is 45.9 Å². The molecule has 1 aliphatic rings. The van der Waals surface area contributed by atoms with Gasteiger partial charge in [-0.15, -0.1) is 0 Å². The minimum absolute atomic E-state index is 0. The van der Waals surface area contributed by atoms with E-state index in [0.717, 1.165) is 5.56 Å². The summed E-state index contributed by atoms with van der Waals surface area (Å²) in [5.74, 6) is -4.43. The van der Waals surface area contributed by atoms with Gasteiger partial charge in [-0.2, -0.15) is 0 Å². The average Bonchev–Trinajstić information content (AvgIpc) is 2.94. The van der Waals surface area contributed by atoms with E-state index >= 15 is 0 Å². The van der Waals surface area contributed by atoms with Gasteiger partial charge in [0.25, 0.3) is 0 Å². The molecule has 16 heteroatoms. The number of aliphatic carboxylic acids is 4. The molecule has 0 spiro atoms. The molecule has 0 saturated carbocycles. The number of rotatable bonds is 18. The maximum absolute atomic E-state index is 11.8. The first kappa shape index (κ1) is 41.0. The number of ether oxygens (including phenoxy) is 3. The molecule has 0 amide bonds. The number of carboxylic acids is 4. The SMILES string of the molecule is CCOCCOCCOc1ccc(C[C@H]2CN(CC(=O)[O-])CCN(CC(=O)[O-])CCN(CC(=O)O)CCN2CC(=O)[O-])cc1.[Gd+3]. The minimum Gasteiger partial charge on any atom is -0.549 e. The predicted octanol–water partition coefficient (Wildman–Crippen LogP) is -4.41. The quantitative estimate of drug-likeness (QED) is 0.140. The number of hydrogen-bond donors (Lipinski definition) is 1. The fraction of sp³-hybridized carbons (Fsp3) is 0.655. The Morgan fingerprint density at radius 3 is 1.82 bits per heavy atom. The largest absolute Gasteiger partial charge is 3.00 e. The molecule has 2 rings (SSSR count). The molecule has 1 heterocycles. The Morgan fingerprint density at radius 1 is 0.733 bits per heavy atom. The third-order valence-electron chi connectivity index (χ3n) is 7.02. The van der Waals surface area contributed by atoms with Gasteiger partial charge in [0.05, 0.1) is 44.3 Å². The number of carbonyl (C=O) groups is 4. The number of carboxylic acid groups (broad SMARTS) is 4. The van der Waals surface area contributed by atoms with Crippen molar-refractivity contribution in [3.05, 3.63) is 29.8 Å². The first-order chi connectivity index (χ1) is 21.0. The second-order valence-corrected chi connectivity index (χ2v) is 10.4. The Balaban J connectivity index is 0.0000101. The van der Waals surface area contributed by atoms with Crippen molar-refractivity contribution in [2.45, 2.75) is 19.4 Å². The van der Waals surface area contributed by atoms with Crippen molar-refractivity contribution >= 4 is 23.9 Å². The third kappa shape index (κ3) is 18.7. The van der Waals surface area contributed by atoms with Crippen molar-refractivity contribution in [3.63, 3.8) is 0 Å². The summed E-state index contributed by atoms with van der Waals surface area (Å²) in [6, 6.07) is 6.71. The van der Waals surface area contributed by atoms with Crippen LogP contribution in [0.4, 0.5) is 0 Å². The number of benzene rings is 1. The van der Waals surface area contributed by atoms with E-state index in [1.807, 2.05) is 19.1 Å². The Labute approximate surface area is 295 Å². The van der Waals surface area contributed by atoms with Crippen molar-refractivity contribution in [2.75, 3.05) is 105 Å². The van der Waals surface area contributed by atoms with E-state index in [2.05, 4.69) is 0 Å². The van der Waals surface area contributed by atoms with Crippen LogP contribution in [0.5, 0.6) is 5.75 Å². The molecule has 0 aromatic heterocycles. The fourth-order valence-electron chi connectivity index (χ4n) is 4.91. The van der Waals surface area contributed by atoms with Crippen LogP contribution in [-0.2, 0) is 35.1 Å². The van der Waals surface area contributed by atoms with Crippen molar-refractivity contribution in [2.24, 2.45) is 0 Å². The van der Waals surface area contributed by atoms with Gasteiger partial charge in [0.15, 0.2) is 0 Å². The molecule has 1 atom stereocenters. The molecule has 1 aromatic carbocycles. The van der Waals surface area contributed by atoms with Crippen LogP contribution >= 0.6 is 0 Å². The van der Waals surface area contributed by atoms with Gasteiger partial charge in [0.2, 0.25) is 0 Å². The summed E-state index contributed by atoms with van der Waals surface area (Å²) < 4.78 is 16.4. The minimum atomic E-state index is -1.33. The van der Waals surface area contributed by atoms with Gasteiger partial charge in [-0.3, -0.25) is 24.4 Å². The van der Waals surface area contributed by atoms with E-state index in [-0.39, 0.29) is 92.3 Å². The van der Waals surface area contributed by atoms with E-state index in [9.17, 15) is 39.6 Å². The molecule has 0 aliphatic carbocycles. The summed E-state index contributed by atoms with van der Waals surface area (Å²) in [5.41, 5.74) is 0.833. The van der Waals surface area contributed by atoms with E-state index < -0.39 is 49.6 Å². The van der Waals surface area contributed by atoms with Crippen LogP contribution in [-0.4, -0.2) is 160 Å². The van der Waals surface area contributed by atoms with Gasteiger partial charge in [-0.1, -0.05) is 12.1 Å². The number of carbonyl (C=O) groups excluding carboxylic acids is 3. The van der Waals surface area contributed by atoms with Crippen LogP contribution < -0.4 is 20.1 Å². The normalized spacial score (nSPS) is 17.8. The third-order valence-corrected chi connectivity index (χ3v) is 7.02. The van der Waals surface area contributed by atoms with Crippen LogP contribution in [0.3, 0.4) is 0 Å². The second-order valence-electron chi connectivity index (χ2n) is 10.4. The van der Waals surface area contributed by atoms with Gasteiger partial charge in [0.1, 0.15) is 12.4 Å². The van der Waals surface area contributed by atoms with Crippen molar-refractivity contribution in [1.29, 1.82) is 0 Å². The van der Waals surface area contributed by atoms with E-state index in [4.69, 9.17) is 14.2 Å². The van der Waals surface area contributed by atoms with Gasteiger partial charge in [-0.05, 0) is 31.0 Å². The molecule has 0 bridgehead atoms. The molecule has 15 nitrogen and oxygen atoms in total. The molecule has 1 fully saturated rings. The van der Waals surface area contributed by atoms with E-state index in [1.54, 1.807) is 31.7 Å². The van der Waals surface area contributed by atoms with E-state index in [1.165, 1.54) is 0 Å². The van der Waals surface area contributed by atoms with Crippen molar-refractivity contribution < 1.29 is 93.8 Å². The number of nitrogens with zero attached hydrogens (tertiary/aromatic N) is 4. The molecule has 1 saturated heterocycles. The molecule has 253 valence electrons. The van der Waals surface area contributed by atoms with Gasteiger partial charge in [0, 0.05) is 78.1 Å². The molecule has 0 unspecified atom stereocenters. The molecular weight excluding hydrogens is 738 g/mol. The maximum atomic E-state index is 11.8. The molecule has 45 heavy (non-hydrogen) atoms. The van der Waals surface area contributed by atoms with Crippen molar-refractivity contribution in [1.82, 2.24) is 19.6 Å². The molecule has 1 aliphatic heterocycles. The van der Waals surface area contributed by atoms with Crippen LogP contribution in [0.25, 0.3) is 0 Å². The summed E-state index contributed by atoms with van der Waals surface area (Å²) in [5, 5.41) is 44.1. The Kier molecular flexibility index (Phi) is 21.3. The second kappa shape index (κ2) is 23.3. The zero-order valence-electron chi connectivity index (χ0n) is 25.6. The summed E-state index contributed by atoms with van der Waals surface area (Å²) in [6.07, 6.45) is 0.333. The Bertz CT molecular complexity index is 1030. The van der Waals surface area contributed by atoms with Gasteiger partial charge < -0.3 is 49.0 Å². The zero-order chi connectivity index (χ0) is 32.3. The monoisotopic (exact) mass is 781 g/mol. The topological polar surface area (TPSA) is 198 Å². The van der Waals surface area contributed by atoms with Crippen LogP contribution in [0.1, 0.15) is 12.5 Å². The maximum Gasteiger partial charge on any atom is 3.00 e. The van der Waals surface area contributed by atoms with E-state index in [0.29, 0.717) is 45.2 Å². The molecular formula is C29H43GdN4O11. The summed E-state index contributed by atoms with van der Waals surface area (Å²) in [6.45, 7) is 3.77. The van der Waals surface area contributed by atoms with Crippen LogP contribution in [0, 0.1) is 39.9 Å². The fourth-order valence-corrected chi connectivity index (χ4v) is 4.91. The van der Waals surface area contributed by atoms with Crippen molar-refractivity contribution in [3.8, 4) is 5.75 Å². The summed E-state index contributed by atoms with van der Waals surface area (Å²) >= 11 is 0. The summed E-state index contributed by atoms with van der Waals surface area (Å²) in [4.78, 5) is 52.6. The van der Waals surface area contributed by atoms with Crippen LogP contribution in [0.15, 0.2) is 24.3 Å². The van der Waals surface area contributed by atoms with Crippen LogP contribution in [0.2, 0.25) is 0 Å². The molecule has 1 N–H and O–H groups in total. The first-order valence-electron chi connectivity index (χ1n) is 14.6. The average molecular weight is 781 g/mol. The smallest absolute Gasteiger partial charge is 0.549 e. The number of hydrogen-bond acceptors (Lipinski definition) is 14. The molecule has 1 aromatic rings. The summed E-state index contributed by atoms with van der Waals surface area (Å²) in [7, 11) is 0. The first-order valence-corrected chi connectivity index (χ1v) is 14.6. The molecule has 1 radical (unpaired) electrons. The standard InChI is InChI=1S/C29H46N4O11.Gd/c1-2-42-13-14-43-15-16-44-25-5-3-23(4-6-25)17-24-18-32(21-28(38)39)10-9-30(19-26(34)35)7-8-31(20-27(36)37)11-12-33(24)22-29(40)41;/h3-6,24H,2,7-22H2,1H3,(H,34,35)(H,36,37)(H,38,39)(H,40,41);/q;+3/p-3/t24-;/m0./s1. The zero-order valence-corrected chi connectivity index (χ0v) is 27.8. The predicted molar refractivity (Wildman–Crippen MR) is 150 cm³/mol. The Morgan fingerprint density at radius 2 is 1.24 bits per heavy atom. The van der Waals surface area contributed by atoms with Gasteiger partial charge in [-0.25, -0.2) is 0 Å².